The van der Waals surface area contributed by atoms with Crippen LogP contribution >= 0.6 is 0 Å². The fourth-order valence-electron chi connectivity index (χ4n) is 1.75. The Hall–Kier alpha value is -1.89. The molecule has 0 saturated carbocycles. The number of methoxy groups -OCH3 is 1. The lowest BCUT2D eigenvalue weighted by Gasteiger charge is -2.19. The molecule has 0 aliphatic rings. The predicted octanol–water partition coefficient (Wildman–Crippen LogP) is 0.670. The molecule has 0 aliphatic carbocycles. The van der Waals surface area contributed by atoms with Gasteiger partial charge in [0.2, 0.25) is 5.91 Å². The molecule has 0 spiro atoms. The van der Waals surface area contributed by atoms with E-state index in [4.69, 9.17) is 4.74 Å². The Morgan fingerprint density at radius 1 is 1.38 bits per heavy atom. The third kappa shape index (κ3) is 5.95. The summed E-state index contributed by atoms with van der Waals surface area (Å²) in [6.07, 6.45) is 0.750. The zero-order valence-electron chi connectivity index (χ0n) is 13.3. The minimum absolute atomic E-state index is 0.0591. The number of nitrogens with zero attached hydrogens (tertiary/aromatic N) is 3. The quantitative estimate of drug-likeness (QED) is 0.652. The van der Waals surface area contributed by atoms with Gasteiger partial charge in [-0.05, 0) is 6.92 Å². The van der Waals surface area contributed by atoms with Gasteiger partial charge in [-0.3, -0.25) is 4.79 Å². The Morgan fingerprint density at radius 3 is 2.76 bits per heavy atom. The maximum Gasteiger partial charge on any atom is 0.239 e. The van der Waals surface area contributed by atoms with Gasteiger partial charge in [-0.2, -0.15) is 0 Å². The number of likely N-dealkylation sites (N-methyl/N-ethyl adjacent to an activating group) is 1. The molecule has 0 bridgehead atoms. The number of hydrogen-bond acceptors (Lipinski definition) is 6. The van der Waals surface area contributed by atoms with Gasteiger partial charge >= 0.3 is 0 Å². The highest BCUT2D eigenvalue weighted by atomic mass is 16.5. The molecule has 0 radical (unpaired) electrons. The zero-order valence-corrected chi connectivity index (χ0v) is 13.3. The molecule has 21 heavy (non-hydrogen) atoms. The average Bonchev–Trinajstić information content (AvgIpc) is 2.47. The van der Waals surface area contributed by atoms with Crippen LogP contribution in [0.15, 0.2) is 6.07 Å². The van der Waals surface area contributed by atoms with Gasteiger partial charge in [-0.1, -0.05) is 6.92 Å². The van der Waals surface area contributed by atoms with E-state index in [1.807, 2.05) is 31.9 Å². The second-order valence-electron chi connectivity index (χ2n) is 4.61. The first-order valence-corrected chi connectivity index (χ1v) is 7.19. The van der Waals surface area contributed by atoms with Crippen LogP contribution in [0.3, 0.4) is 0 Å². The molecule has 1 rings (SSSR count). The van der Waals surface area contributed by atoms with Crippen molar-refractivity contribution in [2.24, 2.45) is 0 Å². The van der Waals surface area contributed by atoms with Gasteiger partial charge in [0.25, 0.3) is 0 Å². The largest absolute Gasteiger partial charge is 0.383 e. The lowest BCUT2D eigenvalue weighted by molar-refractivity contribution is -0.119. The molecule has 0 aliphatic heterocycles. The topological polar surface area (TPSA) is 79.4 Å². The fraction of sp³-hybridized carbons (Fsp3) is 0.643. The summed E-state index contributed by atoms with van der Waals surface area (Å²) in [5.41, 5.74) is 0. The van der Waals surface area contributed by atoms with E-state index < -0.39 is 0 Å². The summed E-state index contributed by atoms with van der Waals surface area (Å²) in [4.78, 5) is 22.5. The summed E-state index contributed by atoms with van der Waals surface area (Å²) in [6.45, 7) is 6.08. The number of carbonyl (C=O) groups excluding carboxylic acids is 1. The average molecular weight is 295 g/mol. The van der Waals surface area contributed by atoms with Crippen LogP contribution in [0.1, 0.15) is 19.7 Å². The van der Waals surface area contributed by atoms with Crippen molar-refractivity contribution in [2.75, 3.05) is 50.6 Å². The van der Waals surface area contributed by atoms with Gasteiger partial charge < -0.3 is 20.3 Å². The van der Waals surface area contributed by atoms with Crippen LogP contribution in [0.4, 0.5) is 11.6 Å². The van der Waals surface area contributed by atoms with Gasteiger partial charge in [0, 0.05) is 39.7 Å². The minimum Gasteiger partial charge on any atom is -0.383 e. The van der Waals surface area contributed by atoms with E-state index >= 15 is 0 Å². The Morgan fingerprint density at radius 2 is 2.14 bits per heavy atom. The molecule has 0 atom stereocenters. The van der Waals surface area contributed by atoms with E-state index in [0.717, 1.165) is 30.4 Å². The number of anilines is 2. The maximum atomic E-state index is 11.8. The Bertz CT molecular complexity index is 453. The van der Waals surface area contributed by atoms with E-state index in [-0.39, 0.29) is 12.5 Å². The van der Waals surface area contributed by atoms with Crippen molar-refractivity contribution in [2.45, 2.75) is 20.3 Å². The van der Waals surface area contributed by atoms with E-state index in [2.05, 4.69) is 20.6 Å². The summed E-state index contributed by atoms with van der Waals surface area (Å²) in [5, 5.41) is 5.97. The smallest absolute Gasteiger partial charge is 0.239 e. The van der Waals surface area contributed by atoms with Crippen molar-refractivity contribution in [1.82, 2.24) is 15.3 Å². The molecule has 1 heterocycles. The second kappa shape index (κ2) is 9.12. The number of hydrogen-bond donors (Lipinski definition) is 2. The Labute approximate surface area is 126 Å². The van der Waals surface area contributed by atoms with Gasteiger partial charge in [-0.25, -0.2) is 9.97 Å². The van der Waals surface area contributed by atoms with Crippen molar-refractivity contribution < 1.29 is 9.53 Å². The third-order valence-electron chi connectivity index (χ3n) is 2.83. The Balaban J connectivity index is 2.69. The highest BCUT2D eigenvalue weighted by Gasteiger charge is 2.11. The van der Waals surface area contributed by atoms with E-state index in [9.17, 15) is 4.79 Å². The maximum absolute atomic E-state index is 11.8. The molecule has 1 aromatic heterocycles. The lowest BCUT2D eigenvalue weighted by atomic mass is 10.4. The first kappa shape index (κ1) is 17.2. The number of rotatable bonds is 9. The molecule has 7 heteroatoms. The van der Waals surface area contributed by atoms with Crippen molar-refractivity contribution in [1.29, 1.82) is 0 Å². The standard InChI is InChI=1S/C14H25N5O2/c1-5-11-17-12(15-6-2)9-13(18-11)19(3)10-14(20)16-7-8-21-4/h9H,5-8,10H2,1-4H3,(H,16,20)(H,15,17,18). The van der Waals surface area contributed by atoms with Gasteiger partial charge in [0.15, 0.2) is 0 Å². The van der Waals surface area contributed by atoms with Gasteiger partial charge in [0.1, 0.15) is 17.5 Å². The van der Waals surface area contributed by atoms with Crippen LogP contribution in [0, 0.1) is 0 Å². The van der Waals surface area contributed by atoms with Crippen LogP contribution in [0.2, 0.25) is 0 Å². The van der Waals surface area contributed by atoms with E-state index in [0.29, 0.717) is 13.2 Å². The monoisotopic (exact) mass is 295 g/mol. The minimum atomic E-state index is -0.0591. The molecule has 0 fully saturated rings. The number of amides is 1. The molecule has 1 aromatic rings. The predicted molar refractivity (Wildman–Crippen MR) is 83.7 cm³/mol. The number of aromatic nitrogens is 2. The number of aryl methyl sites for hydroxylation is 1. The molecule has 0 saturated heterocycles. The first-order chi connectivity index (χ1) is 10.1. The number of nitrogens with one attached hydrogen (secondary N) is 2. The van der Waals surface area contributed by atoms with Crippen LogP contribution in [-0.4, -0.2) is 56.3 Å². The molecule has 2 N–H and O–H groups in total. The Kier molecular flexibility index (Phi) is 7.45. The van der Waals surface area contributed by atoms with E-state index in [1.165, 1.54) is 0 Å². The molecule has 0 unspecified atom stereocenters. The molecular weight excluding hydrogens is 270 g/mol. The van der Waals surface area contributed by atoms with Crippen molar-refractivity contribution in [3.63, 3.8) is 0 Å². The van der Waals surface area contributed by atoms with Gasteiger partial charge in [0.05, 0.1) is 13.2 Å². The summed E-state index contributed by atoms with van der Waals surface area (Å²) >= 11 is 0. The summed E-state index contributed by atoms with van der Waals surface area (Å²) in [7, 11) is 3.45. The normalized spacial score (nSPS) is 10.3. The van der Waals surface area contributed by atoms with E-state index in [1.54, 1.807) is 7.11 Å². The summed E-state index contributed by atoms with van der Waals surface area (Å²) in [6, 6.07) is 1.85. The van der Waals surface area contributed by atoms with Crippen molar-refractivity contribution in [3.8, 4) is 0 Å². The summed E-state index contributed by atoms with van der Waals surface area (Å²) in [5.74, 6) is 2.22. The second-order valence-corrected chi connectivity index (χ2v) is 4.61. The fourth-order valence-corrected chi connectivity index (χ4v) is 1.75. The SMILES string of the molecule is CCNc1cc(N(C)CC(=O)NCCOC)nc(CC)n1. The summed E-state index contributed by atoms with van der Waals surface area (Å²) < 4.78 is 4.90. The molecule has 0 aromatic carbocycles. The molecule has 118 valence electrons. The van der Waals surface area contributed by atoms with Gasteiger partial charge in [-0.15, -0.1) is 0 Å². The number of ether oxygens (including phenoxy) is 1. The van der Waals surface area contributed by atoms with Crippen LogP contribution < -0.4 is 15.5 Å². The molecule has 1 amide bonds. The van der Waals surface area contributed by atoms with Crippen molar-refractivity contribution >= 4 is 17.5 Å². The lowest BCUT2D eigenvalue weighted by Crippen LogP contribution is -2.37. The molecule has 7 nitrogen and oxygen atoms in total. The third-order valence-corrected chi connectivity index (χ3v) is 2.83. The number of carbonyl (C=O) groups is 1. The highest BCUT2D eigenvalue weighted by Crippen LogP contribution is 2.14. The zero-order chi connectivity index (χ0) is 15.7. The van der Waals surface area contributed by atoms with Crippen LogP contribution in [0.5, 0.6) is 0 Å². The van der Waals surface area contributed by atoms with Crippen LogP contribution in [0.25, 0.3) is 0 Å². The molecular formula is C14H25N5O2. The highest BCUT2D eigenvalue weighted by molar-refractivity contribution is 5.81. The van der Waals surface area contributed by atoms with Crippen LogP contribution in [-0.2, 0) is 16.0 Å². The van der Waals surface area contributed by atoms with Crippen molar-refractivity contribution in [3.05, 3.63) is 11.9 Å². The first-order valence-electron chi connectivity index (χ1n) is 7.19.